The number of carbonyl (C=O) groups excluding carboxylic acids is 2. The molecule has 8 heteroatoms. The van der Waals surface area contributed by atoms with Gasteiger partial charge in [0.1, 0.15) is 5.01 Å². The van der Waals surface area contributed by atoms with Gasteiger partial charge in [-0.15, -0.1) is 21.5 Å². The summed E-state index contributed by atoms with van der Waals surface area (Å²) in [5, 5.41) is 16.9. The third-order valence-corrected chi connectivity index (χ3v) is 4.64. The molecule has 2 aromatic heterocycles. The molecule has 0 bridgehead atoms. The van der Waals surface area contributed by atoms with E-state index in [1.807, 2.05) is 11.4 Å². The first-order valence-corrected chi connectivity index (χ1v) is 9.18. The molecule has 0 aliphatic heterocycles. The highest BCUT2D eigenvalue weighted by Gasteiger charge is 2.10. The fourth-order valence-corrected chi connectivity index (χ4v) is 3.47. The summed E-state index contributed by atoms with van der Waals surface area (Å²) in [7, 11) is 0. The quantitative estimate of drug-likeness (QED) is 0.716. The van der Waals surface area contributed by atoms with Crippen molar-refractivity contribution in [2.75, 3.05) is 11.9 Å². The van der Waals surface area contributed by atoms with Crippen LogP contribution in [0.15, 0.2) is 17.5 Å². The van der Waals surface area contributed by atoms with E-state index in [4.69, 9.17) is 0 Å². The van der Waals surface area contributed by atoms with Gasteiger partial charge in [0.05, 0.1) is 4.88 Å². The number of nitrogens with zero attached hydrogens (tertiary/aromatic N) is 2. The van der Waals surface area contributed by atoms with Crippen molar-refractivity contribution in [1.29, 1.82) is 0 Å². The summed E-state index contributed by atoms with van der Waals surface area (Å²) in [6.45, 7) is 4.70. The molecule has 0 saturated carbocycles. The van der Waals surface area contributed by atoms with E-state index in [1.54, 1.807) is 6.07 Å². The second-order valence-electron chi connectivity index (χ2n) is 5.48. The van der Waals surface area contributed by atoms with Gasteiger partial charge in [0.25, 0.3) is 5.91 Å². The molecule has 124 valence electrons. The van der Waals surface area contributed by atoms with E-state index in [0.29, 0.717) is 35.3 Å². The van der Waals surface area contributed by atoms with E-state index < -0.39 is 0 Å². The van der Waals surface area contributed by atoms with Crippen molar-refractivity contribution in [3.8, 4) is 0 Å². The van der Waals surface area contributed by atoms with Gasteiger partial charge in [-0.25, -0.2) is 0 Å². The van der Waals surface area contributed by atoms with Gasteiger partial charge in [0.15, 0.2) is 0 Å². The van der Waals surface area contributed by atoms with E-state index in [0.717, 1.165) is 11.4 Å². The zero-order valence-electron chi connectivity index (χ0n) is 13.2. The Morgan fingerprint density at radius 3 is 2.83 bits per heavy atom. The lowest BCUT2D eigenvalue weighted by Crippen LogP contribution is -2.24. The molecule has 2 rings (SSSR count). The van der Waals surface area contributed by atoms with E-state index in [1.165, 1.54) is 22.7 Å². The number of anilines is 1. The molecular formula is C15H20N4O2S2. The number of amides is 2. The highest BCUT2D eigenvalue weighted by atomic mass is 32.1. The summed E-state index contributed by atoms with van der Waals surface area (Å²) in [5.41, 5.74) is 0. The van der Waals surface area contributed by atoms with Gasteiger partial charge in [0, 0.05) is 19.4 Å². The first-order chi connectivity index (χ1) is 11.0. The second-order valence-corrected chi connectivity index (χ2v) is 7.49. The molecule has 23 heavy (non-hydrogen) atoms. The van der Waals surface area contributed by atoms with Crippen LogP contribution >= 0.6 is 22.7 Å². The average molecular weight is 352 g/mol. The highest BCUT2D eigenvalue weighted by Crippen LogP contribution is 2.18. The van der Waals surface area contributed by atoms with E-state index in [-0.39, 0.29) is 11.8 Å². The van der Waals surface area contributed by atoms with Crippen molar-refractivity contribution in [3.05, 3.63) is 27.4 Å². The zero-order chi connectivity index (χ0) is 16.7. The molecule has 2 aromatic rings. The Bertz CT molecular complexity index is 638. The van der Waals surface area contributed by atoms with Gasteiger partial charge >= 0.3 is 0 Å². The van der Waals surface area contributed by atoms with Gasteiger partial charge in [-0.2, -0.15) is 0 Å². The summed E-state index contributed by atoms with van der Waals surface area (Å²) < 4.78 is 0. The summed E-state index contributed by atoms with van der Waals surface area (Å²) in [6, 6.07) is 3.61. The molecule has 0 unspecified atom stereocenters. The molecule has 0 radical (unpaired) electrons. The van der Waals surface area contributed by atoms with Gasteiger partial charge in [-0.3, -0.25) is 9.59 Å². The lowest BCUT2D eigenvalue weighted by Gasteiger charge is -2.03. The van der Waals surface area contributed by atoms with E-state index in [2.05, 4.69) is 34.7 Å². The van der Waals surface area contributed by atoms with Gasteiger partial charge < -0.3 is 10.6 Å². The fraction of sp³-hybridized carbons (Fsp3) is 0.467. The highest BCUT2D eigenvalue weighted by molar-refractivity contribution is 7.15. The van der Waals surface area contributed by atoms with Crippen LogP contribution in [-0.2, 0) is 11.2 Å². The third-order valence-electron chi connectivity index (χ3n) is 2.91. The van der Waals surface area contributed by atoms with Crippen molar-refractivity contribution < 1.29 is 9.59 Å². The van der Waals surface area contributed by atoms with Crippen molar-refractivity contribution >= 4 is 39.6 Å². The largest absolute Gasteiger partial charge is 0.351 e. The lowest BCUT2D eigenvalue weighted by atomic mass is 10.1. The Hall–Kier alpha value is -1.80. The molecule has 6 nitrogen and oxygen atoms in total. The van der Waals surface area contributed by atoms with Crippen LogP contribution in [0.25, 0.3) is 0 Å². The van der Waals surface area contributed by atoms with Crippen LogP contribution < -0.4 is 10.6 Å². The number of hydrogen-bond acceptors (Lipinski definition) is 6. The number of hydrogen-bond donors (Lipinski definition) is 2. The normalized spacial score (nSPS) is 10.7. The topological polar surface area (TPSA) is 84.0 Å². The summed E-state index contributed by atoms with van der Waals surface area (Å²) in [5.74, 6) is 0.309. The molecule has 0 saturated heterocycles. The Morgan fingerprint density at radius 1 is 1.30 bits per heavy atom. The molecule has 0 atom stereocenters. The number of thiophene rings is 1. The smallest absolute Gasteiger partial charge is 0.261 e. The molecule has 0 aliphatic rings. The Labute approximate surface area is 143 Å². The maximum atomic E-state index is 11.8. The minimum absolute atomic E-state index is 0.0946. The van der Waals surface area contributed by atoms with E-state index >= 15 is 0 Å². The number of carbonyl (C=O) groups is 2. The lowest BCUT2D eigenvalue weighted by molar-refractivity contribution is -0.116. The Kier molecular flexibility index (Phi) is 6.66. The molecule has 0 aromatic carbocycles. The van der Waals surface area contributed by atoms with Crippen LogP contribution in [0.4, 0.5) is 5.13 Å². The number of aromatic nitrogens is 2. The molecule has 0 spiro atoms. The SMILES string of the molecule is CC(C)Cc1nnc(NC(=O)CCCNC(=O)c2cccs2)s1. The van der Waals surface area contributed by atoms with Crippen LogP contribution in [-0.4, -0.2) is 28.6 Å². The summed E-state index contributed by atoms with van der Waals surface area (Å²) in [6.07, 6.45) is 1.78. The number of nitrogens with one attached hydrogen (secondary N) is 2. The first kappa shape index (κ1) is 17.6. The van der Waals surface area contributed by atoms with Crippen LogP contribution in [0.1, 0.15) is 41.4 Å². The third kappa shape index (κ3) is 6.07. The molecule has 0 fully saturated rings. The van der Waals surface area contributed by atoms with Crippen molar-refractivity contribution in [3.63, 3.8) is 0 Å². The summed E-state index contributed by atoms with van der Waals surface area (Å²) in [4.78, 5) is 24.2. The molecule has 2 amide bonds. The van der Waals surface area contributed by atoms with Crippen molar-refractivity contribution in [2.24, 2.45) is 5.92 Å². The predicted octanol–water partition coefficient (Wildman–Crippen LogP) is 2.95. The number of rotatable bonds is 8. The zero-order valence-corrected chi connectivity index (χ0v) is 14.8. The molecule has 2 heterocycles. The Balaban J connectivity index is 1.65. The average Bonchev–Trinajstić information content (AvgIpc) is 3.14. The van der Waals surface area contributed by atoms with Gasteiger partial charge in [-0.05, 0) is 23.8 Å². The monoisotopic (exact) mass is 352 g/mol. The first-order valence-electron chi connectivity index (χ1n) is 7.48. The van der Waals surface area contributed by atoms with Crippen LogP contribution in [0.2, 0.25) is 0 Å². The second kappa shape index (κ2) is 8.73. The predicted molar refractivity (Wildman–Crippen MR) is 93.0 cm³/mol. The van der Waals surface area contributed by atoms with Gasteiger partial charge in [0.2, 0.25) is 11.0 Å². The van der Waals surface area contributed by atoms with Crippen LogP contribution in [0.5, 0.6) is 0 Å². The van der Waals surface area contributed by atoms with E-state index in [9.17, 15) is 9.59 Å². The molecular weight excluding hydrogens is 332 g/mol. The minimum Gasteiger partial charge on any atom is -0.351 e. The van der Waals surface area contributed by atoms with Crippen molar-refractivity contribution in [2.45, 2.75) is 33.1 Å². The standard InChI is InChI=1S/C15H20N4O2S2/c1-10(2)9-13-18-19-15(23-13)17-12(20)6-3-7-16-14(21)11-5-4-8-22-11/h4-5,8,10H,3,6-7,9H2,1-2H3,(H,16,21)(H,17,19,20). The maximum absolute atomic E-state index is 11.8. The minimum atomic E-state index is -0.109. The maximum Gasteiger partial charge on any atom is 0.261 e. The van der Waals surface area contributed by atoms with Crippen LogP contribution in [0, 0.1) is 5.92 Å². The van der Waals surface area contributed by atoms with Gasteiger partial charge in [-0.1, -0.05) is 31.3 Å². The Morgan fingerprint density at radius 2 is 2.13 bits per heavy atom. The summed E-state index contributed by atoms with van der Waals surface area (Å²) >= 11 is 2.81. The molecule has 0 aliphatic carbocycles. The fourth-order valence-electron chi connectivity index (χ4n) is 1.86. The van der Waals surface area contributed by atoms with Crippen molar-refractivity contribution in [1.82, 2.24) is 15.5 Å². The molecule has 2 N–H and O–H groups in total. The van der Waals surface area contributed by atoms with Crippen LogP contribution in [0.3, 0.4) is 0 Å².